The van der Waals surface area contributed by atoms with Crippen molar-refractivity contribution in [3.8, 4) is 0 Å². The molecule has 1 aromatic carbocycles. The molecule has 0 aliphatic rings. The second-order valence-electron chi connectivity index (χ2n) is 4.50. The first-order chi connectivity index (χ1) is 9.66. The molecule has 0 amide bonds. The van der Waals surface area contributed by atoms with Crippen LogP contribution in [0.5, 0.6) is 0 Å². The van der Waals surface area contributed by atoms with Crippen LogP contribution in [-0.2, 0) is 11.3 Å². The van der Waals surface area contributed by atoms with E-state index in [2.05, 4.69) is 12.2 Å². The molecule has 0 aliphatic heterocycles. The number of unbranched alkanes of at least 4 members (excludes halogenated alkanes) is 1. The fraction of sp³-hybridized carbons (Fsp3) is 0.571. The van der Waals surface area contributed by atoms with E-state index in [-0.39, 0.29) is 6.54 Å². The summed E-state index contributed by atoms with van der Waals surface area (Å²) in [5, 5.41) is 13.7. The van der Waals surface area contributed by atoms with Crippen LogP contribution in [0.1, 0.15) is 31.7 Å². The summed E-state index contributed by atoms with van der Waals surface area (Å²) >= 11 is 0. The minimum absolute atomic E-state index is 0.280. The normalized spacial score (nSPS) is 10.7. The molecule has 0 aromatic heterocycles. The van der Waals surface area contributed by atoms with Crippen LogP contribution in [0.4, 0.5) is 10.1 Å². The number of rotatable bonds is 10. The Bertz CT molecular complexity index is 427. The Balaban J connectivity index is 2.25. The van der Waals surface area contributed by atoms with Crippen molar-refractivity contribution in [1.82, 2.24) is 5.32 Å². The molecule has 0 fully saturated rings. The molecule has 1 N–H and O–H groups in total. The van der Waals surface area contributed by atoms with Crippen molar-refractivity contribution in [2.75, 3.05) is 19.8 Å². The third kappa shape index (κ3) is 5.63. The van der Waals surface area contributed by atoms with E-state index in [0.717, 1.165) is 25.9 Å². The van der Waals surface area contributed by atoms with E-state index in [9.17, 15) is 14.5 Å². The largest absolute Gasteiger partial charge is 0.381 e. The van der Waals surface area contributed by atoms with Gasteiger partial charge in [0.15, 0.2) is 0 Å². The van der Waals surface area contributed by atoms with Crippen LogP contribution in [0.3, 0.4) is 0 Å². The summed E-state index contributed by atoms with van der Waals surface area (Å²) < 4.78 is 19.1. The van der Waals surface area contributed by atoms with Gasteiger partial charge in [0, 0.05) is 31.4 Å². The summed E-state index contributed by atoms with van der Waals surface area (Å²) in [6.07, 6.45) is 3.01. The lowest BCUT2D eigenvalue weighted by Gasteiger charge is -2.07. The average Bonchev–Trinajstić information content (AvgIpc) is 2.43. The molecule has 0 atom stereocenters. The highest BCUT2D eigenvalue weighted by molar-refractivity contribution is 5.36. The van der Waals surface area contributed by atoms with Crippen molar-refractivity contribution in [3.63, 3.8) is 0 Å². The van der Waals surface area contributed by atoms with Crippen molar-refractivity contribution >= 4 is 5.69 Å². The maximum atomic E-state index is 13.7. The summed E-state index contributed by atoms with van der Waals surface area (Å²) in [5.74, 6) is -0.760. The van der Waals surface area contributed by atoms with E-state index in [4.69, 9.17) is 4.74 Å². The molecule has 5 nitrogen and oxygen atoms in total. The van der Waals surface area contributed by atoms with Gasteiger partial charge < -0.3 is 10.1 Å². The van der Waals surface area contributed by atoms with Gasteiger partial charge >= 0.3 is 5.69 Å². The van der Waals surface area contributed by atoms with E-state index in [1.165, 1.54) is 12.1 Å². The van der Waals surface area contributed by atoms with Gasteiger partial charge in [-0.2, -0.15) is 4.39 Å². The molecule has 0 unspecified atom stereocenters. The first-order valence-electron chi connectivity index (χ1n) is 6.87. The molecule has 112 valence electrons. The molecule has 0 saturated carbocycles. The lowest BCUT2D eigenvalue weighted by atomic mass is 10.2. The Morgan fingerprint density at radius 3 is 2.80 bits per heavy atom. The van der Waals surface area contributed by atoms with Crippen molar-refractivity contribution in [2.24, 2.45) is 0 Å². The Morgan fingerprint density at radius 2 is 2.10 bits per heavy atom. The van der Waals surface area contributed by atoms with Crippen molar-refractivity contribution in [1.29, 1.82) is 0 Å². The molecule has 0 aliphatic carbocycles. The van der Waals surface area contributed by atoms with Gasteiger partial charge in [-0.3, -0.25) is 10.1 Å². The minimum atomic E-state index is -0.760. The quantitative estimate of drug-likeness (QED) is 0.407. The molecule has 0 spiro atoms. The Hall–Kier alpha value is -1.53. The van der Waals surface area contributed by atoms with Gasteiger partial charge in [0.2, 0.25) is 5.82 Å². The first kappa shape index (κ1) is 16.5. The topological polar surface area (TPSA) is 64.4 Å². The molecule has 20 heavy (non-hydrogen) atoms. The van der Waals surface area contributed by atoms with Crippen LogP contribution in [-0.4, -0.2) is 24.7 Å². The number of nitro benzene ring substituents is 1. The third-order valence-corrected chi connectivity index (χ3v) is 2.85. The van der Waals surface area contributed by atoms with E-state index in [1.54, 1.807) is 6.07 Å². The van der Waals surface area contributed by atoms with Crippen LogP contribution < -0.4 is 5.32 Å². The van der Waals surface area contributed by atoms with Crippen molar-refractivity contribution in [2.45, 2.75) is 32.7 Å². The smallest absolute Gasteiger partial charge is 0.305 e. The second-order valence-corrected chi connectivity index (χ2v) is 4.50. The zero-order chi connectivity index (χ0) is 14.8. The number of nitrogens with one attached hydrogen (secondary N) is 1. The van der Waals surface area contributed by atoms with Gasteiger partial charge in [-0.25, -0.2) is 0 Å². The Kier molecular flexibility index (Phi) is 7.75. The van der Waals surface area contributed by atoms with Gasteiger partial charge in [0.05, 0.1) is 4.92 Å². The summed E-state index contributed by atoms with van der Waals surface area (Å²) in [6, 6.07) is 4.21. The SMILES string of the molecule is CCCCOCCCNCc1cccc([N+](=O)[O-])c1F. The van der Waals surface area contributed by atoms with Crippen LogP contribution >= 0.6 is 0 Å². The highest BCUT2D eigenvalue weighted by Gasteiger charge is 2.16. The van der Waals surface area contributed by atoms with Crippen molar-refractivity contribution in [3.05, 3.63) is 39.7 Å². The minimum Gasteiger partial charge on any atom is -0.381 e. The molecule has 0 bridgehead atoms. The van der Waals surface area contributed by atoms with Crippen LogP contribution in [0.25, 0.3) is 0 Å². The van der Waals surface area contributed by atoms with E-state index < -0.39 is 16.4 Å². The predicted octanol–water partition coefficient (Wildman–Crippen LogP) is 3.03. The third-order valence-electron chi connectivity index (χ3n) is 2.85. The van der Waals surface area contributed by atoms with Crippen molar-refractivity contribution < 1.29 is 14.1 Å². The zero-order valence-corrected chi connectivity index (χ0v) is 11.7. The van der Waals surface area contributed by atoms with Gasteiger partial charge in [-0.05, 0) is 19.4 Å². The Labute approximate surface area is 118 Å². The van der Waals surface area contributed by atoms with Gasteiger partial charge in [0.25, 0.3) is 0 Å². The lowest BCUT2D eigenvalue weighted by Crippen LogP contribution is -2.17. The lowest BCUT2D eigenvalue weighted by molar-refractivity contribution is -0.387. The number of hydrogen-bond acceptors (Lipinski definition) is 4. The molecule has 0 saturated heterocycles. The number of ether oxygens (including phenoxy) is 1. The van der Waals surface area contributed by atoms with Crippen LogP contribution in [0.15, 0.2) is 18.2 Å². The summed E-state index contributed by atoms with van der Waals surface area (Å²) in [5.41, 5.74) is -0.168. The molecule has 6 heteroatoms. The summed E-state index contributed by atoms with van der Waals surface area (Å²) in [4.78, 5) is 9.90. The monoisotopic (exact) mass is 284 g/mol. The number of halogens is 1. The molecule has 0 heterocycles. The van der Waals surface area contributed by atoms with E-state index in [1.807, 2.05) is 0 Å². The fourth-order valence-corrected chi connectivity index (χ4v) is 1.71. The Morgan fingerprint density at radius 1 is 1.35 bits per heavy atom. The molecule has 1 rings (SSSR count). The molecular weight excluding hydrogens is 263 g/mol. The van der Waals surface area contributed by atoms with E-state index >= 15 is 0 Å². The highest BCUT2D eigenvalue weighted by Crippen LogP contribution is 2.19. The van der Waals surface area contributed by atoms with Gasteiger partial charge in [-0.1, -0.05) is 25.5 Å². The maximum absolute atomic E-state index is 13.7. The second kappa shape index (κ2) is 9.39. The summed E-state index contributed by atoms with van der Waals surface area (Å²) in [6.45, 7) is 4.52. The van der Waals surface area contributed by atoms with Gasteiger partial charge in [0.1, 0.15) is 0 Å². The molecule has 0 radical (unpaired) electrons. The van der Waals surface area contributed by atoms with Gasteiger partial charge in [-0.15, -0.1) is 0 Å². The predicted molar refractivity (Wildman–Crippen MR) is 75.1 cm³/mol. The fourth-order valence-electron chi connectivity index (χ4n) is 1.71. The number of nitro groups is 1. The average molecular weight is 284 g/mol. The molecule has 1 aromatic rings. The highest BCUT2D eigenvalue weighted by atomic mass is 19.1. The van der Waals surface area contributed by atoms with E-state index in [0.29, 0.717) is 18.7 Å². The zero-order valence-electron chi connectivity index (χ0n) is 11.7. The number of benzene rings is 1. The molecular formula is C14H21FN2O3. The van der Waals surface area contributed by atoms with Crippen LogP contribution in [0.2, 0.25) is 0 Å². The standard InChI is InChI=1S/C14H21FN2O3/c1-2-3-9-20-10-5-8-16-11-12-6-4-7-13(14(12)15)17(18)19/h4,6-7,16H,2-3,5,8-11H2,1H3. The first-order valence-corrected chi connectivity index (χ1v) is 6.87. The number of nitrogens with zero attached hydrogens (tertiary/aromatic N) is 1. The van der Waals surface area contributed by atoms with Crippen LogP contribution in [0, 0.1) is 15.9 Å². The number of hydrogen-bond donors (Lipinski definition) is 1. The summed E-state index contributed by atoms with van der Waals surface area (Å²) in [7, 11) is 0. The maximum Gasteiger partial charge on any atom is 0.305 e.